The summed E-state index contributed by atoms with van der Waals surface area (Å²) in [5.41, 5.74) is 2.40. The Bertz CT molecular complexity index is 789. The van der Waals surface area contributed by atoms with Crippen molar-refractivity contribution in [1.82, 2.24) is 24.9 Å². The van der Waals surface area contributed by atoms with Crippen molar-refractivity contribution in [3.05, 3.63) is 41.6 Å². The maximum atomic E-state index is 5.79. The number of aryl methyl sites for hydroxylation is 1. The zero-order chi connectivity index (χ0) is 21.5. The highest BCUT2D eigenvalue weighted by molar-refractivity contribution is 5.79. The van der Waals surface area contributed by atoms with Crippen LogP contribution in [0.15, 0.2) is 34.0 Å². The van der Waals surface area contributed by atoms with Gasteiger partial charge in [-0.05, 0) is 50.9 Å². The van der Waals surface area contributed by atoms with Crippen molar-refractivity contribution >= 4 is 5.96 Å². The highest BCUT2D eigenvalue weighted by atomic mass is 16.3. The number of guanidine groups is 1. The first-order chi connectivity index (χ1) is 14.5. The lowest BCUT2D eigenvalue weighted by Gasteiger charge is -2.33. The molecule has 30 heavy (non-hydrogen) atoms. The van der Waals surface area contributed by atoms with Gasteiger partial charge in [-0.15, -0.1) is 0 Å². The van der Waals surface area contributed by atoms with Gasteiger partial charge < -0.3 is 14.6 Å². The number of aliphatic imine (C=N–C) groups is 1. The minimum Gasteiger partial charge on any atom is -0.468 e. The molecule has 1 aliphatic heterocycles. The fraction of sp³-hybridized carbons (Fsp3) is 0.652. The van der Waals surface area contributed by atoms with Crippen molar-refractivity contribution in [2.45, 2.75) is 58.5 Å². The van der Waals surface area contributed by atoms with Crippen LogP contribution in [0.4, 0.5) is 0 Å². The van der Waals surface area contributed by atoms with E-state index in [-0.39, 0.29) is 6.04 Å². The molecule has 0 aromatic carbocycles. The smallest absolute Gasteiger partial charge is 0.194 e. The second-order valence-electron chi connectivity index (χ2n) is 8.55. The molecule has 3 rings (SSSR count). The van der Waals surface area contributed by atoms with Gasteiger partial charge in [0.1, 0.15) is 5.76 Å². The Balaban J connectivity index is 1.76. The van der Waals surface area contributed by atoms with E-state index < -0.39 is 0 Å². The summed E-state index contributed by atoms with van der Waals surface area (Å²) in [6.07, 6.45) is 7.71. The van der Waals surface area contributed by atoms with Crippen molar-refractivity contribution in [2.24, 2.45) is 12.0 Å². The molecular weight excluding hydrogens is 376 g/mol. The van der Waals surface area contributed by atoms with Crippen LogP contribution in [0.5, 0.6) is 0 Å². The molecule has 7 heteroatoms. The fourth-order valence-corrected chi connectivity index (χ4v) is 4.23. The Morgan fingerprint density at radius 1 is 1.30 bits per heavy atom. The fourth-order valence-electron chi connectivity index (χ4n) is 4.23. The standard InChI is InChI=1S/C23H38N6O/c1-6-24-23(27(4)16-19-17-28(5)26-22(19)18(2)3)25-15-20(21-11-10-14-30-21)29-12-8-7-9-13-29/h10-11,14,17-18,20H,6-9,12-13,15-16H2,1-5H3,(H,24,25). The van der Waals surface area contributed by atoms with E-state index in [1.165, 1.54) is 24.8 Å². The van der Waals surface area contributed by atoms with Crippen molar-refractivity contribution in [2.75, 3.05) is 33.2 Å². The summed E-state index contributed by atoms with van der Waals surface area (Å²) in [5, 5.41) is 8.11. The Kier molecular flexibility index (Phi) is 7.96. The first-order valence-electron chi connectivity index (χ1n) is 11.3. The third kappa shape index (κ3) is 5.65. The number of piperidine rings is 1. The largest absolute Gasteiger partial charge is 0.468 e. The van der Waals surface area contributed by atoms with Gasteiger partial charge in [0.2, 0.25) is 0 Å². The zero-order valence-corrected chi connectivity index (χ0v) is 19.3. The molecule has 1 N–H and O–H groups in total. The third-order valence-electron chi connectivity index (χ3n) is 5.71. The van der Waals surface area contributed by atoms with Gasteiger partial charge >= 0.3 is 0 Å². The normalized spacial score (nSPS) is 16.8. The SMILES string of the molecule is CCNC(=NCC(c1ccco1)N1CCCCC1)N(C)Cc1cn(C)nc1C(C)C. The van der Waals surface area contributed by atoms with Gasteiger partial charge in [0, 0.05) is 38.9 Å². The van der Waals surface area contributed by atoms with Gasteiger partial charge in [-0.1, -0.05) is 20.3 Å². The van der Waals surface area contributed by atoms with E-state index in [1.54, 1.807) is 6.26 Å². The Labute approximate surface area is 181 Å². The van der Waals surface area contributed by atoms with Crippen LogP contribution in [0, 0.1) is 0 Å². The lowest BCUT2D eigenvalue weighted by molar-refractivity contribution is 0.150. The molecule has 2 aromatic rings. The van der Waals surface area contributed by atoms with Crippen molar-refractivity contribution in [1.29, 1.82) is 0 Å². The number of hydrogen-bond donors (Lipinski definition) is 1. The highest BCUT2D eigenvalue weighted by Crippen LogP contribution is 2.25. The lowest BCUT2D eigenvalue weighted by Crippen LogP contribution is -2.40. The highest BCUT2D eigenvalue weighted by Gasteiger charge is 2.25. The molecule has 1 aliphatic rings. The predicted octanol–water partition coefficient (Wildman–Crippen LogP) is 3.76. The van der Waals surface area contributed by atoms with Crippen LogP contribution in [-0.2, 0) is 13.6 Å². The zero-order valence-electron chi connectivity index (χ0n) is 19.3. The summed E-state index contributed by atoms with van der Waals surface area (Å²) in [5.74, 6) is 2.33. The average molecular weight is 415 g/mol. The number of likely N-dealkylation sites (tertiary alicyclic amines) is 1. The molecule has 1 unspecified atom stereocenters. The van der Waals surface area contributed by atoms with Crippen LogP contribution in [0.3, 0.4) is 0 Å². The molecule has 1 saturated heterocycles. The van der Waals surface area contributed by atoms with Crippen LogP contribution in [0.25, 0.3) is 0 Å². The van der Waals surface area contributed by atoms with Gasteiger partial charge in [0.05, 0.1) is 24.5 Å². The molecule has 166 valence electrons. The summed E-state index contributed by atoms with van der Waals surface area (Å²) in [6, 6.07) is 4.24. The van der Waals surface area contributed by atoms with Crippen molar-refractivity contribution < 1.29 is 4.42 Å². The van der Waals surface area contributed by atoms with E-state index in [4.69, 9.17) is 9.41 Å². The van der Waals surface area contributed by atoms with Gasteiger partial charge in [0.25, 0.3) is 0 Å². The summed E-state index contributed by atoms with van der Waals surface area (Å²) < 4.78 is 7.69. The molecule has 3 heterocycles. The van der Waals surface area contributed by atoms with Crippen molar-refractivity contribution in [3.63, 3.8) is 0 Å². The van der Waals surface area contributed by atoms with E-state index in [0.717, 1.165) is 43.6 Å². The van der Waals surface area contributed by atoms with E-state index in [9.17, 15) is 0 Å². The van der Waals surface area contributed by atoms with E-state index in [2.05, 4.69) is 60.3 Å². The molecule has 7 nitrogen and oxygen atoms in total. The summed E-state index contributed by atoms with van der Waals surface area (Å²) in [4.78, 5) is 9.74. The van der Waals surface area contributed by atoms with Gasteiger partial charge in [0.15, 0.2) is 5.96 Å². The number of aromatic nitrogens is 2. The molecule has 1 fully saturated rings. The Morgan fingerprint density at radius 3 is 2.70 bits per heavy atom. The van der Waals surface area contributed by atoms with E-state index in [0.29, 0.717) is 12.5 Å². The van der Waals surface area contributed by atoms with Crippen molar-refractivity contribution in [3.8, 4) is 0 Å². The molecule has 0 amide bonds. The first-order valence-corrected chi connectivity index (χ1v) is 11.3. The molecule has 0 spiro atoms. The number of furan rings is 1. The number of rotatable bonds is 8. The van der Waals surface area contributed by atoms with Crippen LogP contribution < -0.4 is 5.32 Å². The van der Waals surface area contributed by atoms with E-state index in [1.807, 2.05) is 17.8 Å². The predicted molar refractivity (Wildman–Crippen MR) is 122 cm³/mol. The Morgan fingerprint density at radius 2 is 2.07 bits per heavy atom. The molecular formula is C23H38N6O. The maximum Gasteiger partial charge on any atom is 0.194 e. The summed E-state index contributed by atoms with van der Waals surface area (Å²) in [7, 11) is 4.09. The number of hydrogen-bond acceptors (Lipinski definition) is 4. The second kappa shape index (κ2) is 10.7. The third-order valence-corrected chi connectivity index (χ3v) is 5.71. The van der Waals surface area contributed by atoms with Gasteiger partial charge in [-0.2, -0.15) is 5.10 Å². The number of nitrogens with one attached hydrogen (secondary N) is 1. The molecule has 0 radical (unpaired) electrons. The van der Waals surface area contributed by atoms with Crippen LogP contribution in [-0.4, -0.2) is 58.8 Å². The van der Waals surface area contributed by atoms with Crippen LogP contribution in [0.2, 0.25) is 0 Å². The topological polar surface area (TPSA) is 61.8 Å². The van der Waals surface area contributed by atoms with Gasteiger partial charge in [-0.25, -0.2) is 0 Å². The average Bonchev–Trinajstić information content (AvgIpc) is 3.38. The molecule has 0 aliphatic carbocycles. The van der Waals surface area contributed by atoms with E-state index >= 15 is 0 Å². The molecule has 0 saturated carbocycles. The maximum absolute atomic E-state index is 5.79. The van der Waals surface area contributed by atoms with Crippen LogP contribution >= 0.6 is 0 Å². The molecule has 1 atom stereocenters. The minimum atomic E-state index is 0.187. The molecule has 0 bridgehead atoms. The van der Waals surface area contributed by atoms with Crippen LogP contribution in [0.1, 0.15) is 69.0 Å². The minimum absolute atomic E-state index is 0.187. The number of nitrogens with zero attached hydrogens (tertiary/aromatic N) is 5. The first kappa shape index (κ1) is 22.4. The lowest BCUT2D eigenvalue weighted by atomic mass is 10.1. The monoisotopic (exact) mass is 414 g/mol. The quantitative estimate of drug-likeness (QED) is 0.526. The Hall–Kier alpha value is -2.28. The molecule has 2 aromatic heterocycles. The summed E-state index contributed by atoms with van der Waals surface area (Å²) in [6.45, 7) is 11.0. The summed E-state index contributed by atoms with van der Waals surface area (Å²) >= 11 is 0. The second-order valence-corrected chi connectivity index (χ2v) is 8.55. The van der Waals surface area contributed by atoms with Gasteiger partial charge in [-0.3, -0.25) is 14.6 Å².